The van der Waals surface area contributed by atoms with Gasteiger partial charge >= 0.3 is 5.69 Å². The van der Waals surface area contributed by atoms with Gasteiger partial charge < -0.3 is 9.80 Å². The van der Waals surface area contributed by atoms with Crippen LogP contribution in [-0.2, 0) is 13.0 Å². The number of pyridine rings is 1. The molecule has 3 heterocycles. The number of benzene rings is 2. The lowest BCUT2D eigenvalue weighted by Gasteiger charge is -2.33. The van der Waals surface area contributed by atoms with E-state index in [9.17, 15) is 10.1 Å². The van der Waals surface area contributed by atoms with Crippen LogP contribution in [0.25, 0.3) is 0 Å². The quantitative estimate of drug-likeness (QED) is 0.240. The van der Waals surface area contributed by atoms with Gasteiger partial charge in [-0.2, -0.15) is 0 Å². The van der Waals surface area contributed by atoms with E-state index in [-0.39, 0.29) is 16.4 Å². The number of anilines is 3. The average molecular weight is 481 g/mol. The molecule has 0 aliphatic carbocycles. The molecule has 5 rings (SSSR count). The number of aromatic nitrogens is 3. The van der Waals surface area contributed by atoms with Gasteiger partial charge in [0, 0.05) is 19.3 Å². The molecule has 0 unspecified atom stereocenters. The molecule has 0 atom stereocenters. The molecule has 1 fully saturated rings. The summed E-state index contributed by atoms with van der Waals surface area (Å²) in [7, 11) is 0. The van der Waals surface area contributed by atoms with Gasteiger partial charge in [0.05, 0.1) is 11.5 Å². The second-order valence-corrected chi connectivity index (χ2v) is 9.01. The Morgan fingerprint density at radius 3 is 2.17 bits per heavy atom. The van der Waals surface area contributed by atoms with Crippen LogP contribution in [-0.4, -0.2) is 33.0 Å². The Hall–Kier alpha value is -4.33. The summed E-state index contributed by atoms with van der Waals surface area (Å²) in [6, 6.07) is 25.8. The smallest absolute Gasteiger partial charge is 0.351 e. The Morgan fingerprint density at radius 1 is 0.861 bits per heavy atom. The standard InChI is InChI=1S/C28H28N6O2/c35-34(36)26-27(32-17-14-23(15-18-32)19-22-9-3-1-4-10-22)30-21-31-28(26)33(25-13-7-8-16-29-25)20-24-11-5-2-6-12-24/h1-13,16,21,23H,14-15,17-20H2. The van der Waals surface area contributed by atoms with Crippen LogP contribution in [0.5, 0.6) is 0 Å². The average Bonchev–Trinajstić information content (AvgIpc) is 2.93. The van der Waals surface area contributed by atoms with Gasteiger partial charge in [0.1, 0.15) is 12.1 Å². The zero-order valence-corrected chi connectivity index (χ0v) is 20.0. The summed E-state index contributed by atoms with van der Waals surface area (Å²) in [5.74, 6) is 1.76. The highest BCUT2D eigenvalue weighted by Gasteiger charge is 2.33. The van der Waals surface area contributed by atoms with E-state index >= 15 is 0 Å². The molecule has 0 spiro atoms. The highest BCUT2D eigenvalue weighted by molar-refractivity contribution is 5.75. The Balaban J connectivity index is 1.44. The number of nitro groups is 1. The van der Waals surface area contributed by atoms with Crippen LogP contribution >= 0.6 is 0 Å². The molecule has 0 N–H and O–H groups in total. The van der Waals surface area contributed by atoms with E-state index in [2.05, 4.69) is 39.2 Å². The third-order valence-corrected chi connectivity index (χ3v) is 6.61. The van der Waals surface area contributed by atoms with E-state index in [0.717, 1.165) is 37.9 Å². The van der Waals surface area contributed by atoms with Gasteiger partial charge in [0.2, 0.25) is 11.6 Å². The van der Waals surface area contributed by atoms with E-state index in [4.69, 9.17) is 0 Å². The van der Waals surface area contributed by atoms with Crippen LogP contribution in [0.4, 0.5) is 23.1 Å². The Morgan fingerprint density at radius 2 is 1.53 bits per heavy atom. The lowest BCUT2D eigenvalue weighted by atomic mass is 9.90. The summed E-state index contributed by atoms with van der Waals surface area (Å²) < 4.78 is 0. The summed E-state index contributed by atoms with van der Waals surface area (Å²) in [6.07, 6.45) is 6.04. The zero-order valence-electron chi connectivity index (χ0n) is 20.0. The largest absolute Gasteiger partial charge is 0.354 e. The first-order chi connectivity index (χ1) is 17.7. The van der Waals surface area contributed by atoms with Crippen molar-refractivity contribution in [3.63, 3.8) is 0 Å². The molecule has 36 heavy (non-hydrogen) atoms. The van der Waals surface area contributed by atoms with Gasteiger partial charge in [-0.15, -0.1) is 0 Å². The Labute approximate surface area is 210 Å². The first-order valence-corrected chi connectivity index (χ1v) is 12.2. The minimum absolute atomic E-state index is 0.0828. The maximum atomic E-state index is 12.4. The number of hydrogen-bond acceptors (Lipinski definition) is 7. The van der Waals surface area contributed by atoms with E-state index in [1.807, 2.05) is 59.5 Å². The molecular weight excluding hydrogens is 452 g/mol. The molecule has 0 amide bonds. The van der Waals surface area contributed by atoms with Gasteiger partial charge in [-0.05, 0) is 48.4 Å². The van der Waals surface area contributed by atoms with Gasteiger partial charge in [0.25, 0.3) is 0 Å². The van der Waals surface area contributed by atoms with Crippen molar-refractivity contribution in [2.75, 3.05) is 22.9 Å². The van der Waals surface area contributed by atoms with Crippen molar-refractivity contribution in [1.82, 2.24) is 15.0 Å². The van der Waals surface area contributed by atoms with Crippen LogP contribution < -0.4 is 9.80 Å². The van der Waals surface area contributed by atoms with Gasteiger partial charge in [-0.25, -0.2) is 15.0 Å². The second-order valence-electron chi connectivity index (χ2n) is 9.01. The maximum Gasteiger partial charge on any atom is 0.354 e. The predicted molar refractivity (Wildman–Crippen MR) is 140 cm³/mol. The molecule has 182 valence electrons. The van der Waals surface area contributed by atoms with Crippen LogP contribution in [0.1, 0.15) is 24.0 Å². The third-order valence-electron chi connectivity index (χ3n) is 6.61. The van der Waals surface area contributed by atoms with Gasteiger partial charge in [-0.1, -0.05) is 66.7 Å². The molecule has 0 bridgehead atoms. The second kappa shape index (κ2) is 10.9. The zero-order chi connectivity index (χ0) is 24.7. The number of nitrogens with zero attached hydrogens (tertiary/aromatic N) is 6. The van der Waals surface area contributed by atoms with E-state index in [1.54, 1.807) is 11.1 Å². The first-order valence-electron chi connectivity index (χ1n) is 12.2. The van der Waals surface area contributed by atoms with Crippen LogP contribution in [0.15, 0.2) is 91.4 Å². The summed E-state index contributed by atoms with van der Waals surface area (Å²) >= 11 is 0. The molecular formula is C28H28N6O2. The van der Waals surface area contributed by atoms with E-state index < -0.39 is 0 Å². The van der Waals surface area contributed by atoms with Crippen molar-refractivity contribution in [2.24, 2.45) is 5.92 Å². The van der Waals surface area contributed by atoms with E-state index in [0.29, 0.717) is 24.1 Å². The lowest BCUT2D eigenvalue weighted by Crippen LogP contribution is -2.35. The molecule has 4 aromatic rings. The monoisotopic (exact) mass is 480 g/mol. The molecule has 2 aromatic heterocycles. The van der Waals surface area contributed by atoms with Crippen molar-refractivity contribution in [3.8, 4) is 0 Å². The fourth-order valence-corrected chi connectivity index (χ4v) is 4.79. The fourth-order valence-electron chi connectivity index (χ4n) is 4.79. The molecule has 1 aliphatic heterocycles. The summed E-state index contributed by atoms with van der Waals surface area (Å²) in [5, 5.41) is 12.4. The normalized spacial score (nSPS) is 13.9. The lowest BCUT2D eigenvalue weighted by molar-refractivity contribution is -0.383. The molecule has 0 saturated carbocycles. The fraction of sp³-hybridized carbons (Fsp3) is 0.250. The highest BCUT2D eigenvalue weighted by atomic mass is 16.6. The predicted octanol–water partition coefficient (Wildman–Crippen LogP) is 5.58. The highest BCUT2D eigenvalue weighted by Crippen LogP contribution is 2.39. The summed E-state index contributed by atoms with van der Waals surface area (Å²) in [6.45, 7) is 1.84. The van der Waals surface area contributed by atoms with Gasteiger partial charge in [-0.3, -0.25) is 10.1 Å². The summed E-state index contributed by atoms with van der Waals surface area (Å²) in [4.78, 5) is 29.2. The van der Waals surface area contributed by atoms with Crippen molar-refractivity contribution in [3.05, 3.63) is 113 Å². The first kappa shape index (κ1) is 23.4. The van der Waals surface area contributed by atoms with Crippen molar-refractivity contribution in [1.29, 1.82) is 0 Å². The molecule has 1 aliphatic rings. The van der Waals surface area contributed by atoms with Crippen LogP contribution in [0.2, 0.25) is 0 Å². The SMILES string of the molecule is O=[N+]([O-])c1c(N2CCC(Cc3ccccc3)CC2)ncnc1N(Cc1ccccc1)c1ccccn1. The number of piperidine rings is 1. The molecule has 2 aromatic carbocycles. The molecule has 8 heteroatoms. The Kier molecular flexibility index (Phi) is 7.12. The molecule has 1 saturated heterocycles. The van der Waals surface area contributed by atoms with Crippen molar-refractivity contribution >= 4 is 23.1 Å². The molecule has 8 nitrogen and oxygen atoms in total. The summed E-state index contributed by atoms with van der Waals surface area (Å²) in [5.41, 5.74) is 2.25. The molecule has 0 radical (unpaired) electrons. The Bertz CT molecular complexity index is 1280. The number of hydrogen-bond donors (Lipinski definition) is 0. The van der Waals surface area contributed by atoms with E-state index in [1.165, 1.54) is 11.9 Å². The van der Waals surface area contributed by atoms with Crippen LogP contribution in [0.3, 0.4) is 0 Å². The topological polar surface area (TPSA) is 88.3 Å². The minimum atomic E-state index is -0.359. The minimum Gasteiger partial charge on any atom is -0.351 e. The maximum absolute atomic E-state index is 12.4. The third kappa shape index (κ3) is 5.33. The van der Waals surface area contributed by atoms with Gasteiger partial charge in [0.15, 0.2) is 0 Å². The van der Waals surface area contributed by atoms with Crippen LogP contribution in [0, 0.1) is 16.0 Å². The number of rotatable bonds is 8. The van der Waals surface area contributed by atoms with Crippen molar-refractivity contribution in [2.45, 2.75) is 25.8 Å². The van der Waals surface area contributed by atoms with Crippen molar-refractivity contribution < 1.29 is 4.92 Å².